The Morgan fingerprint density at radius 3 is 2.59 bits per heavy atom. The van der Waals surface area contributed by atoms with Crippen molar-refractivity contribution in [2.75, 3.05) is 14.2 Å². The molecule has 164 valence electrons. The van der Waals surface area contributed by atoms with Crippen molar-refractivity contribution in [3.8, 4) is 22.6 Å². The molecular formula is C24H24N4O4. The average molecular weight is 432 g/mol. The van der Waals surface area contributed by atoms with Crippen LogP contribution in [0.1, 0.15) is 59.7 Å². The first-order valence-electron chi connectivity index (χ1n) is 10.6. The third kappa shape index (κ3) is 3.14. The molecule has 32 heavy (non-hydrogen) atoms. The molecule has 0 N–H and O–H groups in total. The molecule has 8 heteroatoms. The highest BCUT2D eigenvalue weighted by Crippen LogP contribution is 2.39. The van der Waals surface area contributed by atoms with Crippen molar-refractivity contribution >= 4 is 11.4 Å². The van der Waals surface area contributed by atoms with Crippen LogP contribution in [0.4, 0.5) is 0 Å². The third-order valence-electron chi connectivity index (χ3n) is 5.96. The number of fused-ring (bicyclic) bond motifs is 3. The van der Waals surface area contributed by atoms with E-state index < -0.39 is 0 Å². The number of methoxy groups -OCH3 is 2. The smallest absolute Gasteiger partial charge is 0.185 e. The van der Waals surface area contributed by atoms with Crippen molar-refractivity contribution in [3.05, 3.63) is 59.4 Å². The lowest BCUT2D eigenvalue weighted by molar-refractivity contribution is 0.0951. The van der Waals surface area contributed by atoms with Gasteiger partial charge in [0.25, 0.3) is 0 Å². The highest BCUT2D eigenvalue weighted by molar-refractivity contribution is 5.97. The monoisotopic (exact) mass is 432 g/mol. The molecule has 0 fully saturated rings. The van der Waals surface area contributed by atoms with Gasteiger partial charge in [-0.2, -0.15) is 5.10 Å². The van der Waals surface area contributed by atoms with Crippen LogP contribution in [-0.2, 0) is 6.42 Å². The average Bonchev–Trinajstić information content (AvgIpc) is 3.47. The summed E-state index contributed by atoms with van der Waals surface area (Å²) in [5.74, 6) is 2.11. The van der Waals surface area contributed by atoms with E-state index in [1.54, 1.807) is 25.0 Å². The molecule has 1 atom stereocenters. The Hall–Kier alpha value is -3.68. The number of ketones is 1. The number of nitrogens with zero attached hydrogens (tertiary/aromatic N) is 4. The van der Waals surface area contributed by atoms with Crippen LogP contribution in [0.15, 0.2) is 41.0 Å². The number of aromatic nitrogens is 4. The number of rotatable bonds is 5. The van der Waals surface area contributed by atoms with Gasteiger partial charge in [0.1, 0.15) is 5.76 Å². The second-order valence-corrected chi connectivity index (χ2v) is 8.26. The van der Waals surface area contributed by atoms with Crippen molar-refractivity contribution in [2.45, 2.75) is 38.5 Å². The number of hydrogen-bond donors (Lipinski definition) is 0. The van der Waals surface area contributed by atoms with Crippen molar-refractivity contribution in [1.82, 2.24) is 19.8 Å². The van der Waals surface area contributed by atoms with Gasteiger partial charge in [0.05, 0.1) is 37.4 Å². The van der Waals surface area contributed by atoms with Gasteiger partial charge in [-0.15, -0.1) is 10.2 Å². The van der Waals surface area contributed by atoms with Gasteiger partial charge in [0.2, 0.25) is 0 Å². The van der Waals surface area contributed by atoms with Gasteiger partial charge in [-0.3, -0.25) is 4.79 Å². The standard InChI is InChI=1S/C24H24N4O4/c1-13(2)22-21(14-7-8-19(30-3)20(12-14)31-4)24-26-25-23-16(28(24)27-22)10-15(11-17(23)29)18-6-5-9-32-18/h5-9,12-13,15H,10-11H2,1-4H3/t15-/m0/s1. The Balaban J connectivity index is 1.72. The molecule has 3 aromatic heterocycles. The maximum absolute atomic E-state index is 12.9. The third-order valence-corrected chi connectivity index (χ3v) is 5.96. The maximum Gasteiger partial charge on any atom is 0.185 e. The molecule has 1 aliphatic carbocycles. The number of benzene rings is 1. The van der Waals surface area contributed by atoms with Crippen molar-refractivity contribution in [2.24, 2.45) is 0 Å². The van der Waals surface area contributed by atoms with Gasteiger partial charge in [0, 0.05) is 18.8 Å². The summed E-state index contributed by atoms with van der Waals surface area (Å²) in [5.41, 5.74) is 4.43. The zero-order valence-electron chi connectivity index (χ0n) is 18.5. The minimum atomic E-state index is -0.0476. The van der Waals surface area contributed by atoms with E-state index in [0.29, 0.717) is 35.7 Å². The fraction of sp³-hybridized carbons (Fsp3) is 0.333. The zero-order chi connectivity index (χ0) is 22.4. The van der Waals surface area contributed by atoms with E-state index in [0.717, 1.165) is 28.3 Å². The molecule has 0 spiro atoms. The lowest BCUT2D eigenvalue weighted by Gasteiger charge is -2.21. The Labute approximate surface area is 185 Å². The quantitative estimate of drug-likeness (QED) is 0.460. The van der Waals surface area contributed by atoms with Crippen LogP contribution in [0.5, 0.6) is 11.5 Å². The number of carbonyl (C=O) groups is 1. The molecule has 8 nitrogen and oxygen atoms in total. The molecule has 0 bridgehead atoms. The molecule has 1 aromatic carbocycles. The zero-order valence-corrected chi connectivity index (χ0v) is 18.5. The lowest BCUT2D eigenvalue weighted by Crippen LogP contribution is -2.24. The topological polar surface area (TPSA) is 91.8 Å². The van der Waals surface area contributed by atoms with Crippen molar-refractivity contribution in [3.63, 3.8) is 0 Å². The summed E-state index contributed by atoms with van der Waals surface area (Å²) in [4.78, 5) is 12.9. The molecule has 0 aliphatic heterocycles. The van der Waals surface area contributed by atoms with E-state index in [1.165, 1.54) is 0 Å². The van der Waals surface area contributed by atoms with Gasteiger partial charge >= 0.3 is 0 Å². The van der Waals surface area contributed by atoms with E-state index in [-0.39, 0.29) is 17.6 Å². The van der Waals surface area contributed by atoms with Gasteiger partial charge in [-0.1, -0.05) is 19.9 Å². The fourth-order valence-corrected chi connectivity index (χ4v) is 4.38. The molecule has 1 aliphatic rings. The van der Waals surface area contributed by atoms with Crippen LogP contribution in [-0.4, -0.2) is 39.8 Å². The SMILES string of the molecule is COc1ccc(-c2c(C(C)C)nn3c4c(nnc23)C(=O)C[C@@H](c2ccco2)C4)cc1OC. The van der Waals surface area contributed by atoms with Crippen LogP contribution in [0, 0.1) is 0 Å². The van der Waals surface area contributed by atoms with E-state index in [1.807, 2.05) is 30.3 Å². The maximum atomic E-state index is 12.9. The van der Waals surface area contributed by atoms with Gasteiger partial charge in [-0.05, 0) is 35.7 Å². The molecule has 0 unspecified atom stereocenters. The Morgan fingerprint density at radius 1 is 1.09 bits per heavy atom. The largest absolute Gasteiger partial charge is 0.493 e. The molecular weight excluding hydrogens is 408 g/mol. The predicted molar refractivity (Wildman–Crippen MR) is 118 cm³/mol. The van der Waals surface area contributed by atoms with E-state index in [4.69, 9.17) is 19.0 Å². The summed E-state index contributed by atoms with van der Waals surface area (Å²) in [5, 5.41) is 13.7. The molecule has 5 rings (SSSR count). The van der Waals surface area contributed by atoms with Crippen LogP contribution in [0.2, 0.25) is 0 Å². The Bertz CT molecular complexity index is 1310. The summed E-state index contributed by atoms with van der Waals surface area (Å²) in [6.07, 6.45) is 2.59. The molecule has 4 aromatic rings. The number of hydrogen-bond acceptors (Lipinski definition) is 7. The van der Waals surface area contributed by atoms with Crippen molar-refractivity contribution in [1.29, 1.82) is 0 Å². The molecule has 0 amide bonds. The second kappa shape index (κ2) is 7.78. The van der Waals surface area contributed by atoms with Crippen LogP contribution >= 0.6 is 0 Å². The highest BCUT2D eigenvalue weighted by Gasteiger charge is 2.33. The Morgan fingerprint density at radius 2 is 1.91 bits per heavy atom. The first-order valence-corrected chi connectivity index (χ1v) is 10.6. The van der Waals surface area contributed by atoms with Crippen LogP contribution < -0.4 is 9.47 Å². The predicted octanol–water partition coefficient (Wildman–Crippen LogP) is 4.44. The van der Waals surface area contributed by atoms with Gasteiger partial charge < -0.3 is 13.9 Å². The molecule has 0 radical (unpaired) electrons. The molecule has 0 saturated heterocycles. The minimum absolute atomic E-state index is 0.0451. The Kier molecular flexibility index (Phi) is 4.92. The fourth-order valence-electron chi connectivity index (χ4n) is 4.38. The second-order valence-electron chi connectivity index (χ2n) is 8.26. The van der Waals surface area contributed by atoms with E-state index in [9.17, 15) is 4.79 Å². The van der Waals surface area contributed by atoms with E-state index >= 15 is 0 Å². The van der Waals surface area contributed by atoms with Crippen LogP contribution in [0.25, 0.3) is 16.8 Å². The van der Waals surface area contributed by atoms with Gasteiger partial charge in [0.15, 0.2) is 28.6 Å². The first kappa shape index (κ1) is 20.2. The lowest BCUT2D eigenvalue weighted by atomic mass is 9.87. The number of ether oxygens (including phenoxy) is 2. The van der Waals surface area contributed by atoms with Gasteiger partial charge in [-0.25, -0.2) is 4.52 Å². The summed E-state index contributed by atoms with van der Waals surface area (Å²) in [7, 11) is 3.22. The molecule has 3 heterocycles. The summed E-state index contributed by atoms with van der Waals surface area (Å²) >= 11 is 0. The summed E-state index contributed by atoms with van der Waals surface area (Å²) in [6, 6.07) is 9.49. The van der Waals surface area contributed by atoms with Crippen LogP contribution in [0.3, 0.4) is 0 Å². The van der Waals surface area contributed by atoms with E-state index in [2.05, 4.69) is 24.0 Å². The summed E-state index contributed by atoms with van der Waals surface area (Å²) in [6.45, 7) is 4.17. The summed E-state index contributed by atoms with van der Waals surface area (Å²) < 4.78 is 18.3. The highest BCUT2D eigenvalue weighted by atomic mass is 16.5. The number of carbonyl (C=O) groups excluding carboxylic acids is 1. The number of Topliss-reactive ketones (excluding diaryl/α,β-unsaturated/α-hetero) is 1. The van der Waals surface area contributed by atoms with Crippen molar-refractivity contribution < 1.29 is 18.7 Å². The minimum Gasteiger partial charge on any atom is -0.493 e. The molecule has 0 saturated carbocycles. The normalized spacial score (nSPS) is 15.9. The first-order chi connectivity index (χ1) is 15.5. The number of furan rings is 1.